The molecule has 1 N–H and O–H groups in total. The lowest BCUT2D eigenvalue weighted by molar-refractivity contribution is -0.132. The molecule has 1 aliphatic carbocycles. The zero-order chi connectivity index (χ0) is 22.9. The van der Waals surface area contributed by atoms with Gasteiger partial charge in [-0.2, -0.15) is 11.8 Å². The van der Waals surface area contributed by atoms with Gasteiger partial charge >= 0.3 is 6.09 Å². The second-order valence-corrected chi connectivity index (χ2v) is 10.4. The molecule has 7 heteroatoms. The molecular formula is C24H38N2O4S. The molecule has 1 aliphatic rings. The Bertz CT molecular complexity index is 697. The third-order valence-electron chi connectivity index (χ3n) is 5.31. The van der Waals surface area contributed by atoms with Gasteiger partial charge in [0.1, 0.15) is 17.4 Å². The summed E-state index contributed by atoms with van der Waals surface area (Å²) < 4.78 is 10.6. The number of hydrogen-bond donors (Lipinski definition) is 1. The lowest BCUT2D eigenvalue weighted by Crippen LogP contribution is -2.50. The number of nitrogens with zero attached hydrogens (tertiary/aromatic N) is 1. The van der Waals surface area contributed by atoms with E-state index < -0.39 is 17.7 Å². The highest BCUT2D eigenvalue weighted by atomic mass is 32.2. The number of hydrogen-bond acceptors (Lipinski definition) is 5. The van der Waals surface area contributed by atoms with Gasteiger partial charge in [-0.05, 0) is 63.0 Å². The fourth-order valence-electron chi connectivity index (χ4n) is 3.68. The number of ether oxygens (including phenoxy) is 2. The lowest BCUT2D eigenvalue weighted by atomic mass is 9.91. The number of likely N-dealkylation sites (N-methyl/N-ethyl adjacent to an activating group) is 1. The number of alkyl carbamates (subject to hydrolysis) is 1. The van der Waals surface area contributed by atoms with Gasteiger partial charge in [-0.25, -0.2) is 4.79 Å². The molecule has 0 saturated heterocycles. The smallest absolute Gasteiger partial charge is 0.408 e. The molecule has 174 valence electrons. The Kier molecular flexibility index (Phi) is 10.0. The van der Waals surface area contributed by atoms with Crippen molar-refractivity contribution in [2.45, 2.75) is 71.1 Å². The van der Waals surface area contributed by atoms with Crippen molar-refractivity contribution >= 4 is 23.8 Å². The molecule has 1 atom stereocenters. The number of methoxy groups -OCH3 is 1. The predicted octanol–water partition coefficient (Wildman–Crippen LogP) is 4.86. The van der Waals surface area contributed by atoms with Crippen LogP contribution in [0.5, 0.6) is 5.75 Å². The van der Waals surface area contributed by atoms with E-state index in [0.717, 1.165) is 17.1 Å². The summed E-state index contributed by atoms with van der Waals surface area (Å²) in [5.41, 5.74) is 0.393. The summed E-state index contributed by atoms with van der Waals surface area (Å²) in [5.74, 6) is 2.95. The first-order valence-corrected chi connectivity index (χ1v) is 12.3. The van der Waals surface area contributed by atoms with Crippen molar-refractivity contribution in [3.63, 3.8) is 0 Å². The first-order chi connectivity index (χ1) is 14.7. The summed E-state index contributed by atoms with van der Waals surface area (Å²) in [6.07, 6.45) is 5.91. The fraction of sp³-hybridized carbons (Fsp3) is 0.667. The number of benzene rings is 1. The van der Waals surface area contributed by atoms with Gasteiger partial charge in [0, 0.05) is 19.3 Å². The van der Waals surface area contributed by atoms with Crippen molar-refractivity contribution in [2.24, 2.45) is 5.92 Å². The SMILES string of the molecule is COc1ccc(CN(C)C(=O)C(CSCC2CCCCC2)NC(=O)OC(C)(C)C)cc1. The van der Waals surface area contributed by atoms with E-state index in [1.54, 1.807) is 30.8 Å². The number of amides is 2. The molecule has 1 unspecified atom stereocenters. The van der Waals surface area contributed by atoms with Gasteiger partial charge in [0.05, 0.1) is 7.11 Å². The van der Waals surface area contributed by atoms with Crippen LogP contribution >= 0.6 is 11.8 Å². The van der Waals surface area contributed by atoms with Gasteiger partial charge < -0.3 is 19.7 Å². The highest BCUT2D eigenvalue weighted by Crippen LogP contribution is 2.27. The maximum absolute atomic E-state index is 13.2. The van der Waals surface area contributed by atoms with Crippen LogP contribution in [0.25, 0.3) is 0 Å². The predicted molar refractivity (Wildman–Crippen MR) is 127 cm³/mol. The van der Waals surface area contributed by atoms with E-state index in [2.05, 4.69) is 5.32 Å². The number of thioether (sulfide) groups is 1. The number of carbonyl (C=O) groups is 2. The molecule has 0 heterocycles. The van der Waals surface area contributed by atoms with Crippen molar-refractivity contribution in [1.29, 1.82) is 0 Å². The summed E-state index contributed by atoms with van der Waals surface area (Å²) in [6.45, 7) is 5.91. The molecule has 1 saturated carbocycles. The van der Waals surface area contributed by atoms with E-state index in [0.29, 0.717) is 18.2 Å². The minimum atomic E-state index is -0.619. The standard InChI is InChI=1S/C24H38N2O4S/c1-24(2,3)30-23(28)25-21(17-31-16-19-9-7-6-8-10-19)22(27)26(4)15-18-11-13-20(29-5)14-12-18/h11-14,19,21H,6-10,15-17H2,1-5H3,(H,25,28). The molecule has 0 aliphatic heterocycles. The first kappa shape index (κ1) is 25.4. The minimum Gasteiger partial charge on any atom is -0.497 e. The zero-order valence-corrected chi connectivity index (χ0v) is 20.4. The van der Waals surface area contributed by atoms with Gasteiger partial charge in [0.2, 0.25) is 5.91 Å². The molecular weight excluding hydrogens is 412 g/mol. The third kappa shape index (κ3) is 9.42. The molecule has 6 nitrogen and oxygen atoms in total. The molecule has 0 aromatic heterocycles. The molecule has 1 aromatic rings. The first-order valence-electron chi connectivity index (χ1n) is 11.1. The highest BCUT2D eigenvalue weighted by Gasteiger charge is 2.27. The van der Waals surface area contributed by atoms with E-state index in [-0.39, 0.29) is 5.91 Å². The van der Waals surface area contributed by atoms with E-state index in [4.69, 9.17) is 9.47 Å². The number of nitrogens with one attached hydrogen (secondary N) is 1. The number of carbonyl (C=O) groups excluding carboxylic acids is 2. The summed E-state index contributed by atoms with van der Waals surface area (Å²) >= 11 is 1.75. The second-order valence-electron chi connectivity index (χ2n) is 9.28. The van der Waals surface area contributed by atoms with Crippen molar-refractivity contribution < 1.29 is 19.1 Å². The maximum Gasteiger partial charge on any atom is 0.408 e. The number of rotatable bonds is 9. The highest BCUT2D eigenvalue weighted by molar-refractivity contribution is 7.99. The Morgan fingerprint density at radius 3 is 2.39 bits per heavy atom. The summed E-state index contributed by atoms with van der Waals surface area (Å²) in [6, 6.07) is 7.02. The van der Waals surface area contributed by atoms with Crippen LogP contribution in [-0.2, 0) is 16.1 Å². The second kappa shape index (κ2) is 12.2. The van der Waals surface area contributed by atoms with E-state index in [1.807, 2.05) is 45.0 Å². The lowest BCUT2D eigenvalue weighted by Gasteiger charge is -2.27. The summed E-state index contributed by atoms with van der Waals surface area (Å²) in [4.78, 5) is 27.2. The Morgan fingerprint density at radius 2 is 1.81 bits per heavy atom. The molecule has 0 bridgehead atoms. The molecule has 31 heavy (non-hydrogen) atoms. The van der Waals surface area contributed by atoms with E-state index in [9.17, 15) is 9.59 Å². The van der Waals surface area contributed by atoms with E-state index in [1.165, 1.54) is 32.1 Å². The van der Waals surface area contributed by atoms with Gasteiger partial charge in [-0.1, -0.05) is 31.4 Å². The van der Waals surface area contributed by atoms with Crippen molar-refractivity contribution in [3.8, 4) is 5.75 Å². The van der Waals surface area contributed by atoms with Crippen LogP contribution < -0.4 is 10.1 Å². The van der Waals surface area contributed by atoms with Gasteiger partial charge in [-0.3, -0.25) is 4.79 Å². The molecule has 0 spiro atoms. The quantitative estimate of drug-likeness (QED) is 0.582. The Labute approximate surface area is 191 Å². The normalized spacial score (nSPS) is 15.8. The van der Waals surface area contributed by atoms with Crippen LogP contribution in [0.1, 0.15) is 58.4 Å². The summed E-state index contributed by atoms with van der Waals surface area (Å²) in [7, 11) is 3.39. The monoisotopic (exact) mass is 450 g/mol. The van der Waals surface area contributed by atoms with Gasteiger partial charge in [0.15, 0.2) is 0 Å². The van der Waals surface area contributed by atoms with Gasteiger partial charge in [0.25, 0.3) is 0 Å². The van der Waals surface area contributed by atoms with Crippen molar-refractivity contribution in [2.75, 3.05) is 25.7 Å². The fourth-order valence-corrected chi connectivity index (χ4v) is 4.94. The van der Waals surface area contributed by atoms with Crippen LogP contribution in [-0.4, -0.2) is 54.2 Å². The van der Waals surface area contributed by atoms with Crippen LogP contribution in [0.3, 0.4) is 0 Å². The largest absolute Gasteiger partial charge is 0.497 e. The average molecular weight is 451 g/mol. The molecule has 0 radical (unpaired) electrons. The van der Waals surface area contributed by atoms with Crippen LogP contribution in [0.4, 0.5) is 4.79 Å². The molecule has 2 rings (SSSR count). The zero-order valence-electron chi connectivity index (χ0n) is 19.6. The Morgan fingerprint density at radius 1 is 1.16 bits per heavy atom. The van der Waals surface area contributed by atoms with Gasteiger partial charge in [-0.15, -0.1) is 0 Å². The third-order valence-corrected chi connectivity index (χ3v) is 6.58. The average Bonchev–Trinajstić information content (AvgIpc) is 2.72. The molecule has 1 aromatic carbocycles. The Balaban J connectivity index is 1.97. The van der Waals surface area contributed by atoms with Crippen LogP contribution in [0.15, 0.2) is 24.3 Å². The van der Waals surface area contributed by atoms with Crippen LogP contribution in [0.2, 0.25) is 0 Å². The minimum absolute atomic E-state index is 0.113. The molecule has 2 amide bonds. The van der Waals surface area contributed by atoms with Crippen molar-refractivity contribution in [1.82, 2.24) is 10.2 Å². The topological polar surface area (TPSA) is 67.9 Å². The summed E-state index contributed by atoms with van der Waals surface area (Å²) in [5, 5.41) is 2.80. The molecule has 1 fully saturated rings. The Hall–Kier alpha value is -1.89. The van der Waals surface area contributed by atoms with Crippen LogP contribution in [0, 0.1) is 5.92 Å². The van der Waals surface area contributed by atoms with E-state index >= 15 is 0 Å². The maximum atomic E-state index is 13.2. The van der Waals surface area contributed by atoms with Crippen molar-refractivity contribution in [3.05, 3.63) is 29.8 Å².